The number of nitrogens with zero attached hydrogens (tertiary/aromatic N) is 2. The second-order valence-corrected chi connectivity index (χ2v) is 7.73. The second kappa shape index (κ2) is 3.98. The molecule has 0 aromatic heterocycles. The van der Waals surface area contributed by atoms with Gasteiger partial charge >= 0.3 is 0 Å². The predicted octanol–water partition coefficient (Wildman–Crippen LogP) is 2.96. The normalized spacial score (nSPS) is 40.0. The van der Waals surface area contributed by atoms with Crippen LogP contribution in [0.1, 0.15) is 52.4 Å². The molecule has 0 saturated heterocycles. The van der Waals surface area contributed by atoms with E-state index >= 15 is 0 Å². The van der Waals surface area contributed by atoms with E-state index in [4.69, 9.17) is 0 Å². The van der Waals surface area contributed by atoms with Gasteiger partial charge in [0, 0.05) is 7.05 Å². The molecule has 0 spiro atoms. The van der Waals surface area contributed by atoms with Gasteiger partial charge < -0.3 is 4.90 Å². The highest BCUT2D eigenvalue weighted by atomic mass is 16.2. The molecule has 4 aliphatic rings. The highest BCUT2D eigenvalue weighted by molar-refractivity contribution is 5.84. The van der Waals surface area contributed by atoms with E-state index in [1.54, 1.807) is 4.90 Å². The van der Waals surface area contributed by atoms with Gasteiger partial charge in [-0.05, 0) is 70.1 Å². The van der Waals surface area contributed by atoms with Crippen molar-refractivity contribution in [2.45, 2.75) is 57.9 Å². The van der Waals surface area contributed by atoms with E-state index in [-0.39, 0.29) is 11.3 Å². The summed E-state index contributed by atoms with van der Waals surface area (Å²) in [7, 11) is 1.81. The van der Waals surface area contributed by atoms with Gasteiger partial charge in [-0.1, -0.05) is 0 Å². The third-order valence-corrected chi connectivity index (χ3v) is 5.91. The summed E-state index contributed by atoms with van der Waals surface area (Å²) in [6, 6.07) is 2.26. The molecule has 0 heterocycles. The van der Waals surface area contributed by atoms with Crippen LogP contribution in [-0.2, 0) is 4.79 Å². The molecule has 0 aromatic carbocycles. The van der Waals surface area contributed by atoms with Gasteiger partial charge in [0.1, 0.15) is 5.54 Å². The summed E-state index contributed by atoms with van der Waals surface area (Å²) in [6.07, 6.45) is 7.25. The maximum absolute atomic E-state index is 13.0. The zero-order chi connectivity index (χ0) is 13.8. The third kappa shape index (κ3) is 1.88. The van der Waals surface area contributed by atoms with Gasteiger partial charge in [0.05, 0.1) is 11.5 Å². The van der Waals surface area contributed by atoms with Crippen molar-refractivity contribution in [2.24, 2.45) is 23.2 Å². The fourth-order valence-electron chi connectivity index (χ4n) is 5.06. The van der Waals surface area contributed by atoms with Crippen molar-refractivity contribution in [3.05, 3.63) is 0 Å². The molecule has 4 saturated carbocycles. The zero-order valence-corrected chi connectivity index (χ0v) is 12.3. The van der Waals surface area contributed by atoms with Crippen LogP contribution in [0.2, 0.25) is 0 Å². The van der Waals surface area contributed by atoms with Crippen molar-refractivity contribution in [2.75, 3.05) is 7.05 Å². The standard InChI is InChI=1S/C16H24N2O/c1-15(2,10-17)18(3)14(19)16-7-11-4-12(8-16)6-13(5-11)9-16/h11-13H,4-9H2,1-3H3. The van der Waals surface area contributed by atoms with E-state index in [0.29, 0.717) is 0 Å². The maximum atomic E-state index is 13.0. The minimum absolute atomic E-state index is 0.127. The summed E-state index contributed by atoms with van der Waals surface area (Å²) in [5, 5.41) is 9.25. The van der Waals surface area contributed by atoms with Crippen LogP contribution >= 0.6 is 0 Å². The molecule has 1 amide bonds. The van der Waals surface area contributed by atoms with Crippen molar-refractivity contribution in [3.63, 3.8) is 0 Å². The number of carbonyl (C=O) groups is 1. The molecule has 4 rings (SSSR count). The largest absolute Gasteiger partial charge is 0.327 e. The third-order valence-electron chi connectivity index (χ3n) is 5.91. The monoisotopic (exact) mass is 260 g/mol. The van der Waals surface area contributed by atoms with Crippen molar-refractivity contribution < 1.29 is 4.79 Å². The number of nitriles is 1. The highest BCUT2D eigenvalue weighted by Gasteiger charge is 2.56. The average Bonchev–Trinajstić information content (AvgIpc) is 2.35. The fraction of sp³-hybridized carbons (Fsp3) is 0.875. The molecule has 4 aliphatic carbocycles. The second-order valence-electron chi connectivity index (χ2n) is 7.73. The summed E-state index contributed by atoms with van der Waals surface area (Å²) >= 11 is 0. The lowest BCUT2D eigenvalue weighted by Crippen LogP contribution is -2.57. The Hall–Kier alpha value is -1.04. The smallest absolute Gasteiger partial charge is 0.229 e. The van der Waals surface area contributed by atoms with Gasteiger partial charge in [-0.2, -0.15) is 5.26 Å². The van der Waals surface area contributed by atoms with Crippen LogP contribution in [0.3, 0.4) is 0 Å². The summed E-state index contributed by atoms with van der Waals surface area (Å²) in [5.74, 6) is 2.55. The molecular weight excluding hydrogens is 236 g/mol. The molecule has 3 nitrogen and oxygen atoms in total. The van der Waals surface area contributed by atoms with E-state index in [9.17, 15) is 10.1 Å². The molecule has 0 N–H and O–H groups in total. The first-order chi connectivity index (χ1) is 8.86. The Labute approximate surface area is 116 Å². The Kier molecular flexibility index (Phi) is 2.71. The van der Waals surface area contributed by atoms with Gasteiger partial charge in [-0.3, -0.25) is 4.79 Å². The van der Waals surface area contributed by atoms with Crippen LogP contribution < -0.4 is 0 Å². The first kappa shape index (κ1) is 13.0. The lowest BCUT2D eigenvalue weighted by Gasteiger charge is -2.57. The van der Waals surface area contributed by atoms with Gasteiger partial charge in [0.15, 0.2) is 0 Å². The number of rotatable bonds is 2. The first-order valence-corrected chi connectivity index (χ1v) is 7.56. The summed E-state index contributed by atoms with van der Waals surface area (Å²) < 4.78 is 0. The molecule has 0 radical (unpaired) electrons. The molecule has 4 bridgehead atoms. The van der Waals surface area contributed by atoms with Crippen LogP contribution in [0.15, 0.2) is 0 Å². The molecule has 0 atom stereocenters. The minimum atomic E-state index is -0.694. The fourth-order valence-corrected chi connectivity index (χ4v) is 5.06. The van der Waals surface area contributed by atoms with E-state index in [1.165, 1.54) is 19.3 Å². The van der Waals surface area contributed by atoms with Crippen LogP contribution in [0.4, 0.5) is 0 Å². The average molecular weight is 260 g/mol. The number of hydrogen-bond acceptors (Lipinski definition) is 2. The Morgan fingerprint density at radius 1 is 1.16 bits per heavy atom. The lowest BCUT2D eigenvalue weighted by molar-refractivity contribution is -0.159. The summed E-state index contributed by atoms with van der Waals surface area (Å²) in [6.45, 7) is 3.68. The molecule has 4 fully saturated rings. The Morgan fingerprint density at radius 2 is 1.58 bits per heavy atom. The predicted molar refractivity (Wildman–Crippen MR) is 73.1 cm³/mol. The van der Waals surface area contributed by atoms with Crippen molar-refractivity contribution >= 4 is 5.91 Å². The SMILES string of the molecule is CN(C(=O)C12CC3CC(CC(C3)C1)C2)C(C)(C)C#N. The van der Waals surface area contributed by atoms with Crippen molar-refractivity contribution in [1.29, 1.82) is 5.26 Å². The van der Waals surface area contributed by atoms with Crippen LogP contribution in [-0.4, -0.2) is 23.4 Å². The van der Waals surface area contributed by atoms with Crippen LogP contribution in [0.25, 0.3) is 0 Å². The molecule has 0 unspecified atom stereocenters. The topological polar surface area (TPSA) is 44.1 Å². The molecule has 19 heavy (non-hydrogen) atoms. The van der Waals surface area contributed by atoms with E-state index in [1.807, 2.05) is 20.9 Å². The van der Waals surface area contributed by atoms with Crippen LogP contribution in [0.5, 0.6) is 0 Å². The maximum Gasteiger partial charge on any atom is 0.229 e. The Morgan fingerprint density at radius 3 is 1.95 bits per heavy atom. The van der Waals surface area contributed by atoms with Gasteiger partial charge in [-0.15, -0.1) is 0 Å². The minimum Gasteiger partial charge on any atom is -0.327 e. The molecule has 0 aromatic rings. The zero-order valence-electron chi connectivity index (χ0n) is 12.3. The van der Waals surface area contributed by atoms with Gasteiger partial charge in [0.2, 0.25) is 5.91 Å². The summed E-state index contributed by atoms with van der Waals surface area (Å²) in [4.78, 5) is 14.7. The number of carbonyl (C=O) groups excluding carboxylic acids is 1. The van der Waals surface area contributed by atoms with Crippen molar-refractivity contribution in [3.8, 4) is 6.07 Å². The van der Waals surface area contributed by atoms with E-state index in [0.717, 1.165) is 37.0 Å². The molecule has 3 heteroatoms. The molecule has 104 valence electrons. The molecular formula is C16H24N2O. The Balaban J connectivity index is 1.86. The summed E-state index contributed by atoms with van der Waals surface area (Å²) in [5.41, 5.74) is -0.821. The van der Waals surface area contributed by atoms with Crippen LogP contribution in [0, 0.1) is 34.5 Å². The highest BCUT2D eigenvalue weighted by Crippen LogP contribution is 2.60. The lowest BCUT2D eigenvalue weighted by atomic mass is 9.49. The quantitative estimate of drug-likeness (QED) is 0.766. The first-order valence-electron chi connectivity index (χ1n) is 7.56. The molecule has 0 aliphatic heterocycles. The van der Waals surface area contributed by atoms with E-state index in [2.05, 4.69) is 6.07 Å². The Bertz CT molecular complexity index is 411. The van der Waals surface area contributed by atoms with E-state index < -0.39 is 5.54 Å². The number of hydrogen-bond donors (Lipinski definition) is 0. The van der Waals surface area contributed by atoms with Gasteiger partial charge in [0.25, 0.3) is 0 Å². The van der Waals surface area contributed by atoms with Gasteiger partial charge in [-0.25, -0.2) is 0 Å². The van der Waals surface area contributed by atoms with Crippen molar-refractivity contribution in [1.82, 2.24) is 4.90 Å². The number of amides is 1.